The Kier molecular flexibility index (Phi) is 5.59. The minimum Gasteiger partial charge on any atom is -0.347 e. The van der Waals surface area contributed by atoms with Crippen molar-refractivity contribution < 1.29 is 22.8 Å². The molecule has 1 aliphatic rings. The molecule has 5 nitrogen and oxygen atoms in total. The van der Waals surface area contributed by atoms with Crippen molar-refractivity contribution in [3.8, 4) is 0 Å². The average Bonchev–Trinajstić information content (AvgIpc) is 2.33. The molecule has 1 saturated heterocycles. The summed E-state index contributed by atoms with van der Waals surface area (Å²) < 4.78 is 37.6. The maximum absolute atomic E-state index is 12.5. The molecule has 0 radical (unpaired) electrons. The van der Waals surface area contributed by atoms with E-state index in [0.717, 1.165) is 4.90 Å². The number of nitrogens with zero attached hydrogens (tertiary/aromatic N) is 1. The fourth-order valence-electron chi connectivity index (χ4n) is 2.03. The van der Waals surface area contributed by atoms with E-state index in [9.17, 15) is 22.8 Å². The van der Waals surface area contributed by atoms with Crippen LogP contribution in [-0.2, 0) is 9.59 Å². The maximum atomic E-state index is 12.5. The molecule has 0 bridgehead atoms. The van der Waals surface area contributed by atoms with Gasteiger partial charge in [-0.05, 0) is 25.9 Å². The summed E-state index contributed by atoms with van der Waals surface area (Å²) in [6.45, 7) is 0.732. The van der Waals surface area contributed by atoms with E-state index in [2.05, 4.69) is 10.6 Å². The average molecular weight is 281 g/mol. The molecule has 1 rings (SSSR count). The molecule has 0 atom stereocenters. The lowest BCUT2D eigenvalue weighted by atomic mass is 10.0. The number of piperidine rings is 1. The van der Waals surface area contributed by atoms with Gasteiger partial charge in [-0.25, -0.2) is 0 Å². The van der Waals surface area contributed by atoms with Crippen molar-refractivity contribution in [1.29, 1.82) is 0 Å². The molecule has 19 heavy (non-hydrogen) atoms. The summed E-state index contributed by atoms with van der Waals surface area (Å²) in [6.07, 6.45) is -3.46. The third-order valence-electron chi connectivity index (χ3n) is 2.91. The molecule has 0 aromatic heterocycles. The van der Waals surface area contributed by atoms with Gasteiger partial charge in [-0.15, -0.1) is 0 Å². The monoisotopic (exact) mass is 281 g/mol. The lowest BCUT2D eigenvalue weighted by Gasteiger charge is -2.35. The molecule has 110 valence electrons. The smallest absolute Gasteiger partial charge is 0.347 e. The Morgan fingerprint density at radius 1 is 1.32 bits per heavy atom. The minimum absolute atomic E-state index is 0.394. The van der Waals surface area contributed by atoms with Crippen LogP contribution in [0.4, 0.5) is 13.2 Å². The van der Waals surface area contributed by atoms with Crippen molar-refractivity contribution >= 4 is 11.8 Å². The van der Waals surface area contributed by atoms with Crippen LogP contribution in [0.1, 0.15) is 19.8 Å². The van der Waals surface area contributed by atoms with E-state index in [1.54, 1.807) is 0 Å². The van der Waals surface area contributed by atoms with Gasteiger partial charge in [0, 0.05) is 13.0 Å². The van der Waals surface area contributed by atoms with Gasteiger partial charge in [0.25, 0.3) is 0 Å². The second-order valence-corrected chi connectivity index (χ2v) is 4.53. The first-order valence-corrected chi connectivity index (χ1v) is 6.11. The molecule has 8 heteroatoms. The second kappa shape index (κ2) is 6.74. The third kappa shape index (κ3) is 5.91. The molecule has 1 aliphatic heterocycles. The van der Waals surface area contributed by atoms with Crippen molar-refractivity contribution in [2.75, 3.05) is 26.2 Å². The van der Waals surface area contributed by atoms with Crippen LogP contribution < -0.4 is 10.6 Å². The summed E-state index contributed by atoms with van der Waals surface area (Å²) >= 11 is 0. The molecule has 0 aromatic carbocycles. The molecule has 2 N–H and O–H groups in total. The van der Waals surface area contributed by atoms with Gasteiger partial charge in [-0.1, -0.05) is 0 Å². The lowest BCUT2D eigenvalue weighted by Crippen LogP contribution is -2.52. The van der Waals surface area contributed by atoms with Crippen LogP contribution in [0.5, 0.6) is 0 Å². The predicted molar refractivity (Wildman–Crippen MR) is 62.3 cm³/mol. The Bertz CT molecular complexity index is 328. The topological polar surface area (TPSA) is 61.4 Å². The van der Waals surface area contributed by atoms with E-state index in [1.165, 1.54) is 6.92 Å². The SMILES string of the molecule is CC(=O)NCC(=O)N(CC(F)(F)F)C1CCNCC1. The van der Waals surface area contributed by atoms with Gasteiger partial charge >= 0.3 is 6.18 Å². The van der Waals surface area contributed by atoms with E-state index in [4.69, 9.17) is 0 Å². The Morgan fingerprint density at radius 3 is 2.37 bits per heavy atom. The van der Waals surface area contributed by atoms with Gasteiger partial charge in [0.2, 0.25) is 11.8 Å². The number of alkyl halides is 3. The van der Waals surface area contributed by atoms with E-state index in [1.807, 2.05) is 0 Å². The van der Waals surface area contributed by atoms with Crippen LogP contribution in [-0.4, -0.2) is 55.1 Å². The number of carbonyl (C=O) groups excluding carboxylic acids is 2. The molecule has 2 amide bonds. The molecular formula is C11H18F3N3O2. The van der Waals surface area contributed by atoms with E-state index in [0.29, 0.717) is 25.9 Å². The quantitative estimate of drug-likeness (QED) is 0.777. The van der Waals surface area contributed by atoms with Crippen LogP contribution in [0.2, 0.25) is 0 Å². The Labute approximate surface area is 109 Å². The predicted octanol–water partition coefficient (Wildman–Crippen LogP) is 0.265. The Hall–Kier alpha value is -1.31. The molecule has 1 heterocycles. The number of halogens is 3. The van der Waals surface area contributed by atoms with Gasteiger partial charge in [-0.2, -0.15) is 13.2 Å². The zero-order valence-corrected chi connectivity index (χ0v) is 10.7. The number of amides is 2. The number of hydrogen-bond acceptors (Lipinski definition) is 3. The molecule has 0 unspecified atom stereocenters. The highest BCUT2D eigenvalue weighted by atomic mass is 19.4. The summed E-state index contributed by atoms with van der Waals surface area (Å²) in [5.41, 5.74) is 0. The van der Waals surface area contributed by atoms with E-state index in [-0.39, 0.29) is 0 Å². The maximum Gasteiger partial charge on any atom is 0.406 e. The summed E-state index contributed by atoms with van der Waals surface area (Å²) in [5.74, 6) is -1.13. The highest BCUT2D eigenvalue weighted by Gasteiger charge is 2.36. The Balaban J connectivity index is 2.67. The van der Waals surface area contributed by atoms with Crippen molar-refractivity contribution in [1.82, 2.24) is 15.5 Å². The molecule has 0 spiro atoms. The highest BCUT2D eigenvalue weighted by Crippen LogP contribution is 2.21. The van der Waals surface area contributed by atoms with Crippen LogP contribution in [0.15, 0.2) is 0 Å². The standard InChI is InChI=1S/C11H18F3N3O2/c1-8(18)16-6-10(19)17(7-11(12,13)14)9-2-4-15-5-3-9/h9,15H,2-7H2,1H3,(H,16,18). The van der Waals surface area contributed by atoms with Crippen molar-refractivity contribution in [3.63, 3.8) is 0 Å². The lowest BCUT2D eigenvalue weighted by molar-refractivity contribution is -0.166. The van der Waals surface area contributed by atoms with Crippen LogP contribution in [0.3, 0.4) is 0 Å². The molecule has 0 saturated carbocycles. The van der Waals surface area contributed by atoms with Crippen LogP contribution in [0, 0.1) is 0 Å². The van der Waals surface area contributed by atoms with Crippen LogP contribution >= 0.6 is 0 Å². The van der Waals surface area contributed by atoms with Crippen molar-refractivity contribution in [2.24, 2.45) is 0 Å². The van der Waals surface area contributed by atoms with E-state index >= 15 is 0 Å². The largest absolute Gasteiger partial charge is 0.406 e. The molecular weight excluding hydrogens is 263 g/mol. The molecule has 0 aromatic rings. The summed E-state index contributed by atoms with van der Waals surface area (Å²) in [4.78, 5) is 23.4. The number of carbonyl (C=O) groups is 2. The molecule has 0 aliphatic carbocycles. The number of hydrogen-bond donors (Lipinski definition) is 2. The second-order valence-electron chi connectivity index (χ2n) is 4.53. The fourth-order valence-corrected chi connectivity index (χ4v) is 2.03. The molecule has 1 fully saturated rings. The van der Waals surface area contributed by atoms with Crippen molar-refractivity contribution in [2.45, 2.75) is 32.0 Å². The third-order valence-corrected chi connectivity index (χ3v) is 2.91. The Morgan fingerprint density at radius 2 is 1.89 bits per heavy atom. The number of rotatable bonds is 4. The van der Waals surface area contributed by atoms with Crippen molar-refractivity contribution in [3.05, 3.63) is 0 Å². The van der Waals surface area contributed by atoms with Gasteiger partial charge in [-0.3, -0.25) is 9.59 Å². The van der Waals surface area contributed by atoms with Crippen LogP contribution in [0.25, 0.3) is 0 Å². The minimum atomic E-state index is -4.43. The van der Waals surface area contributed by atoms with Gasteiger partial charge in [0.1, 0.15) is 6.54 Å². The summed E-state index contributed by atoms with van der Waals surface area (Å²) in [7, 11) is 0. The highest BCUT2D eigenvalue weighted by molar-refractivity contribution is 5.83. The summed E-state index contributed by atoms with van der Waals surface area (Å²) in [6, 6.07) is -0.427. The zero-order chi connectivity index (χ0) is 14.5. The van der Waals surface area contributed by atoms with E-state index < -0.39 is 37.1 Å². The van der Waals surface area contributed by atoms with Gasteiger partial charge in [0.15, 0.2) is 0 Å². The first kappa shape index (κ1) is 15.7. The van der Waals surface area contributed by atoms with Gasteiger partial charge < -0.3 is 15.5 Å². The fraction of sp³-hybridized carbons (Fsp3) is 0.818. The van der Waals surface area contributed by atoms with Gasteiger partial charge in [0.05, 0.1) is 6.54 Å². The first-order chi connectivity index (χ1) is 8.79. The number of nitrogens with one attached hydrogen (secondary N) is 2. The zero-order valence-electron chi connectivity index (χ0n) is 10.7. The summed E-state index contributed by atoms with van der Waals surface area (Å²) in [5, 5.41) is 5.27. The first-order valence-electron chi connectivity index (χ1n) is 6.11. The normalized spacial score (nSPS) is 17.1.